The Morgan fingerprint density at radius 1 is 1.12 bits per heavy atom. The number of aryl methyl sites for hydroxylation is 2. The second-order valence-electron chi connectivity index (χ2n) is 3.74. The van der Waals surface area contributed by atoms with Crippen LogP contribution < -0.4 is 0 Å². The predicted octanol–water partition coefficient (Wildman–Crippen LogP) is 1.22. The van der Waals surface area contributed by atoms with Gasteiger partial charge in [-0.2, -0.15) is 0 Å². The van der Waals surface area contributed by atoms with Gasteiger partial charge in [0.15, 0.2) is 0 Å². The maximum atomic E-state index is 10.3. The van der Waals surface area contributed by atoms with Crippen molar-refractivity contribution >= 4 is 0 Å². The highest BCUT2D eigenvalue weighted by molar-refractivity contribution is 5.31. The molecule has 0 aromatic carbocycles. The summed E-state index contributed by atoms with van der Waals surface area (Å²) in [6.07, 6.45) is 6.20. The summed E-state index contributed by atoms with van der Waals surface area (Å²) in [6.45, 7) is 3.84. The zero-order valence-corrected chi connectivity index (χ0v) is 9.83. The van der Waals surface area contributed by atoms with Gasteiger partial charge in [0.25, 0.3) is 0 Å². The number of aromatic nitrogens is 4. The van der Waals surface area contributed by atoms with Gasteiger partial charge in [0.1, 0.15) is 18.8 Å². The summed E-state index contributed by atoms with van der Waals surface area (Å²) in [5, 5.41) is 10.3. The third kappa shape index (κ3) is 2.29. The van der Waals surface area contributed by atoms with Gasteiger partial charge >= 0.3 is 0 Å². The third-order valence-corrected chi connectivity index (χ3v) is 2.70. The van der Waals surface area contributed by atoms with Crippen molar-refractivity contribution in [2.24, 2.45) is 0 Å². The SMILES string of the molecule is CCc1ncncc1C(O)c1cncnc1C. The van der Waals surface area contributed by atoms with Crippen LogP contribution in [0, 0.1) is 6.92 Å². The predicted molar refractivity (Wildman–Crippen MR) is 62.2 cm³/mol. The first-order valence-electron chi connectivity index (χ1n) is 5.47. The molecule has 0 fully saturated rings. The van der Waals surface area contributed by atoms with E-state index < -0.39 is 6.10 Å². The lowest BCUT2D eigenvalue weighted by Crippen LogP contribution is -2.08. The highest BCUT2D eigenvalue weighted by Crippen LogP contribution is 2.24. The Morgan fingerprint density at radius 2 is 1.76 bits per heavy atom. The maximum absolute atomic E-state index is 10.3. The van der Waals surface area contributed by atoms with Crippen LogP contribution in [0.1, 0.15) is 35.5 Å². The number of aliphatic hydroxyl groups is 1. The molecular weight excluding hydrogens is 216 g/mol. The minimum Gasteiger partial charge on any atom is -0.383 e. The topological polar surface area (TPSA) is 71.8 Å². The molecule has 5 nitrogen and oxygen atoms in total. The van der Waals surface area contributed by atoms with Crippen LogP contribution in [0.4, 0.5) is 0 Å². The van der Waals surface area contributed by atoms with E-state index in [4.69, 9.17) is 0 Å². The lowest BCUT2D eigenvalue weighted by atomic mass is 10.0. The van der Waals surface area contributed by atoms with Crippen LogP contribution in [-0.2, 0) is 6.42 Å². The summed E-state index contributed by atoms with van der Waals surface area (Å²) >= 11 is 0. The van der Waals surface area contributed by atoms with Gasteiger partial charge in [-0.25, -0.2) is 19.9 Å². The zero-order valence-electron chi connectivity index (χ0n) is 9.83. The molecule has 88 valence electrons. The lowest BCUT2D eigenvalue weighted by molar-refractivity contribution is 0.216. The fourth-order valence-corrected chi connectivity index (χ4v) is 1.73. The Morgan fingerprint density at radius 3 is 2.41 bits per heavy atom. The summed E-state index contributed by atoms with van der Waals surface area (Å²) in [6, 6.07) is 0. The van der Waals surface area contributed by atoms with Gasteiger partial charge in [0.05, 0.1) is 0 Å². The van der Waals surface area contributed by atoms with E-state index in [2.05, 4.69) is 19.9 Å². The highest BCUT2D eigenvalue weighted by atomic mass is 16.3. The Labute approximate surface area is 99.6 Å². The van der Waals surface area contributed by atoms with Crippen LogP contribution in [0.2, 0.25) is 0 Å². The summed E-state index contributed by atoms with van der Waals surface area (Å²) in [7, 11) is 0. The van der Waals surface area contributed by atoms with E-state index in [0.29, 0.717) is 11.1 Å². The molecule has 0 aliphatic rings. The molecule has 0 spiro atoms. The highest BCUT2D eigenvalue weighted by Gasteiger charge is 2.17. The van der Waals surface area contributed by atoms with Gasteiger partial charge < -0.3 is 5.11 Å². The molecule has 0 aliphatic carbocycles. The first-order chi connectivity index (χ1) is 8.24. The van der Waals surface area contributed by atoms with Crippen LogP contribution in [0.3, 0.4) is 0 Å². The van der Waals surface area contributed by atoms with Crippen LogP contribution in [-0.4, -0.2) is 25.0 Å². The van der Waals surface area contributed by atoms with E-state index in [1.807, 2.05) is 13.8 Å². The van der Waals surface area contributed by atoms with Crippen molar-refractivity contribution in [1.82, 2.24) is 19.9 Å². The molecule has 0 saturated heterocycles. The Hall–Kier alpha value is -1.88. The van der Waals surface area contributed by atoms with Crippen molar-refractivity contribution in [3.05, 3.63) is 47.6 Å². The molecule has 1 unspecified atom stereocenters. The monoisotopic (exact) mass is 230 g/mol. The van der Waals surface area contributed by atoms with Crippen LogP contribution >= 0.6 is 0 Å². The van der Waals surface area contributed by atoms with E-state index >= 15 is 0 Å². The largest absolute Gasteiger partial charge is 0.383 e. The molecule has 17 heavy (non-hydrogen) atoms. The zero-order chi connectivity index (χ0) is 12.3. The third-order valence-electron chi connectivity index (χ3n) is 2.70. The van der Waals surface area contributed by atoms with Crippen LogP contribution in [0.15, 0.2) is 25.0 Å². The van der Waals surface area contributed by atoms with E-state index in [-0.39, 0.29) is 0 Å². The average Bonchev–Trinajstić information content (AvgIpc) is 2.38. The molecule has 0 bridgehead atoms. The molecule has 0 radical (unpaired) electrons. The van der Waals surface area contributed by atoms with Gasteiger partial charge in [-0.15, -0.1) is 0 Å². The molecular formula is C12H14N4O. The van der Waals surface area contributed by atoms with Crippen molar-refractivity contribution in [3.8, 4) is 0 Å². The number of aliphatic hydroxyl groups excluding tert-OH is 1. The summed E-state index contributed by atoms with van der Waals surface area (Å²) in [4.78, 5) is 16.1. The Balaban J connectivity index is 2.44. The molecule has 0 saturated carbocycles. The fraction of sp³-hybridized carbons (Fsp3) is 0.333. The van der Waals surface area contributed by atoms with Gasteiger partial charge in [0, 0.05) is 34.9 Å². The number of rotatable bonds is 3. The first kappa shape index (κ1) is 11.6. The number of hydrogen-bond acceptors (Lipinski definition) is 5. The molecule has 5 heteroatoms. The number of nitrogens with zero attached hydrogens (tertiary/aromatic N) is 4. The van der Waals surface area contributed by atoms with Crippen LogP contribution in [0.25, 0.3) is 0 Å². The van der Waals surface area contributed by atoms with Crippen molar-refractivity contribution < 1.29 is 5.11 Å². The Bertz CT molecular complexity index is 515. The van der Waals surface area contributed by atoms with E-state index in [1.54, 1.807) is 12.4 Å². The minimum absolute atomic E-state index is 0.692. The minimum atomic E-state index is -0.771. The smallest absolute Gasteiger partial charge is 0.115 e. The van der Waals surface area contributed by atoms with Crippen molar-refractivity contribution in [3.63, 3.8) is 0 Å². The molecule has 0 aliphatic heterocycles. The molecule has 2 rings (SSSR count). The van der Waals surface area contributed by atoms with Crippen molar-refractivity contribution in [2.45, 2.75) is 26.4 Å². The molecule has 0 amide bonds. The Kier molecular flexibility index (Phi) is 3.39. The van der Waals surface area contributed by atoms with E-state index in [9.17, 15) is 5.11 Å². The summed E-state index contributed by atoms with van der Waals surface area (Å²) in [5.41, 5.74) is 3.01. The van der Waals surface area contributed by atoms with Crippen LogP contribution in [0.5, 0.6) is 0 Å². The van der Waals surface area contributed by atoms with Gasteiger partial charge in [-0.05, 0) is 13.3 Å². The van der Waals surface area contributed by atoms with Gasteiger partial charge in [-0.1, -0.05) is 6.92 Å². The van der Waals surface area contributed by atoms with Gasteiger partial charge in [0.2, 0.25) is 0 Å². The second kappa shape index (κ2) is 4.97. The average molecular weight is 230 g/mol. The first-order valence-corrected chi connectivity index (χ1v) is 5.47. The molecule has 1 N–H and O–H groups in total. The van der Waals surface area contributed by atoms with E-state index in [0.717, 1.165) is 17.8 Å². The molecule has 2 aromatic rings. The quantitative estimate of drug-likeness (QED) is 0.858. The standard InChI is InChI=1S/C12H14N4O/c1-3-11-10(5-14-7-16-11)12(17)9-4-13-6-15-8(9)2/h4-7,12,17H,3H2,1-2H3. The summed E-state index contributed by atoms with van der Waals surface area (Å²) < 4.78 is 0. The maximum Gasteiger partial charge on any atom is 0.115 e. The summed E-state index contributed by atoms with van der Waals surface area (Å²) in [5.74, 6) is 0. The normalized spacial score (nSPS) is 12.4. The van der Waals surface area contributed by atoms with E-state index in [1.165, 1.54) is 12.7 Å². The van der Waals surface area contributed by atoms with Gasteiger partial charge in [-0.3, -0.25) is 0 Å². The second-order valence-corrected chi connectivity index (χ2v) is 3.74. The molecule has 2 aromatic heterocycles. The molecule has 1 atom stereocenters. The molecule has 2 heterocycles. The van der Waals surface area contributed by atoms with Crippen molar-refractivity contribution in [1.29, 1.82) is 0 Å². The van der Waals surface area contributed by atoms with Crippen molar-refractivity contribution in [2.75, 3.05) is 0 Å². The lowest BCUT2D eigenvalue weighted by Gasteiger charge is -2.14. The number of hydrogen-bond donors (Lipinski definition) is 1. The fourth-order valence-electron chi connectivity index (χ4n) is 1.73.